The maximum absolute atomic E-state index is 12.0. The summed E-state index contributed by atoms with van der Waals surface area (Å²) in [5, 5.41) is 6.36. The number of benzene rings is 1. The Labute approximate surface area is 107 Å². The average molecular weight is 245 g/mol. The van der Waals surface area contributed by atoms with Gasteiger partial charge in [0.25, 0.3) is 0 Å². The van der Waals surface area contributed by atoms with Gasteiger partial charge in [-0.25, -0.2) is 4.79 Å². The van der Waals surface area contributed by atoms with Gasteiger partial charge in [-0.2, -0.15) is 0 Å². The normalized spacial score (nSPS) is 18.1. The zero-order valence-corrected chi connectivity index (χ0v) is 10.5. The molecule has 2 N–H and O–H groups in total. The van der Waals surface area contributed by atoms with E-state index in [-0.39, 0.29) is 6.03 Å². The van der Waals surface area contributed by atoms with Gasteiger partial charge in [0.15, 0.2) is 0 Å². The SMILES string of the molecule is O=C(Nc1ccc2c(c1)NCCC2)N1CCCC1. The van der Waals surface area contributed by atoms with E-state index in [0.29, 0.717) is 0 Å². The average Bonchev–Trinajstić information content (AvgIpc) is 2.92. The van der Waals surface area contributed by atoms with Gasteiger partial charge in [-0.05, 0) is 43.4 Å². The molecule has 0 unspecified atom stereocenters. The number of nitrogens with one attached hydrogen (secondary N) is 2. The molecule has 1 aromatic carbocycles. The highest BCUT2D eigenvalue weighted by Gasteiger charge is 2.18. The lowest BCUT2D eigenvalue weighted by Gasteiger charge is -2.20. The second kappa shape index (κ2) is 4.88. The van der Waals surface area contributed by atoms with E-state index in [1.165, 1.54) is 17.7 Å². The largest absolute Gasteiger partial charge is 0.385 e. The fourth-order valence-electron chi connectivity index (χ4n) is 2.66. The lowest BCUT2D eigenvalue weighted by Crippen LogP contribution is -2.32. The fourth-order valence-corrected chi connectivity index (χ4v) is 2.66. The molecule has 2 amide bonds. The van der Waals surface area contributed by atoms with Gasteiger partial charge in [0.2, 0.25) is 0 Å². The molecule has 0 radical (unpaired) electrons. The number of urea groups is 1. The number of amides is 2. The molecule has 3 rings (SSSR count). The summed E-state index contributed by atoms with van der Waals surface area (Å²) in [5.74, 6) is 0. The van der Waals surface area contributed by atoms with Gasteiger partial charge in [0, 0.05) is 31.0 Å². The second-order valence-electron chi connectivity index (χ2n) is 5.03. The van der Waals surface area contributed by atoms with Crippen LogP contribution in [-0.2, 0) is 6.42 Å². The molecule has 96 valence electrons. The summed E-state index contributed by atoms with van der Waals surface area (Å²) in [6.07, 6.45) is 4.56. The highest BCUT2D eigenvalue weighted by molar-refractivity contribution is 5.90. The summed E-state index contributed by atoms with van der Waals surface area (Å²) >= 11 is 0. The van der Waals surface area contributed by atoms with E-state index in [0.717, 1.165) is 44.6 Å². The molecular formula is C14H19N3O. The van der Waals surface area contributed by atoms with E-state index in [1.54, 1.807) is 0 Å². The summed E-state index contributed by atoms with van der Waals surface area (Å²) in [6.45, 7) is 2.79. The summed E-state index contributed by atoms with van der Waals surface area (Å²) in [4.78, 5) is 13.9. The summed E-state index contributed by atoms with van der Waals surface area (Å²) in [5.41, 5.74) is 3.40. The quantitative estimate of drug-likeness (QED) is 0.799. The first-order valence-electron chi connectivity index (χ1n) is 6.76. The Hall–Kier alpha value is -1.71. The van der Waals surface area contributed by atoms with Crippen molar-refractivity contribution in [2.45, 2.75) is 25.7 Å². The first kappa shape index (κ1) is 11.4. The highest BCUT2D eigenvalue weighted by atomic mass is 16.2. The Kier molecular flexibility index (Phi) is 3.09. The van der Waals surface area contributed by atoms with Gasteiger partial charge in [-0.15, -0.1) is 0 Å². The van der Waals surface area contributed by atoms with Crippen molar-refractivity contribution in [2.75, 3.05) is 30.3 Å². The number of likely N-dealkylation sites (tertiary alicyclic amines) is 1. The van der Waals surface area contributed by atoms with Crippen molar-refractivity contribution >= 4 is 17.4 Å². The zero-order valence-electron chi connectivity index (χ0n) is 10.5. The van der Waals surface area contributed by atoms with Crippen LogP contribution in [-0.4, -0.2) is 30.6 Å². The molecule has 2 heterocycles. The second-order valence-corrected chi connectivity index (χ2v) is 5.03. The molecule has 2 aliphatic heterocycles. The monoisotopic (exact) mass is 245 g/mol. The number of fused-ring (bicyclic) bond motifs is 1. The van der Waals surface area contributed by atoms with E-state index in [2.05, 4.69) is 16.7 Å². The molecule has 1 aromatic rings. The van der Waals surface area contributed by atoms with Crippen LogP contribution in [0.25, 0.3) is 0 Å². The Morgan fingerprint density at radius 2 is 2.06 bits per heavy atom. The van der Waals surface area contributed by atoms with Gasteiger partial charge in [-0.3, -0.25) is 0 Å². The number of rotatable bonds is 1. The smallest absolute Gasteiger partial charge is 0.321 e. The maximum Gasteiger partial charge on any atom is 0.321 e. The predicted molar refractivity (Wildman–Crippen MR) is 73.1 cm³/mol. The summed E-state index contributed by atoms with van der Waals surface area (Å²) in [7, 11) is 0. The standard InChI is InChI=1S/C14H19N3O/c18-14(17-8-1-2-9-17)16-12-6-5-11-4-3-7-15-13(11)10-12/h5-6,10,15H,1-4,7-9H2,(H,16,18). The Morgan fingerprint density at radius 1 is 1.22 bits per heavy atom. The topological polar surface area (TPSA) is 44.4 Å². The number of hydrogen-bond donors (Lipinski definition) is 2. The van der Waals surface area contributed by atoms with Crippen LogP contribution in [0.4, 0.5) is 16.2 Å². The molecule has 0 saturated carbocycles. The lowest BCUT2D eigenvalue weighted by atomic mass is 10.0. The molecule has 0 aliphatic carbocycles. The number of carbonyl (C=O) groups excluding carboxylic acids is 1. The van der Waals surface area contributed by atoms with Crippen LogP contribution in [0.2, 0.25) is 0 Å². The molecular weight excluding hydrogens is 226 g/mol. The van der Waals surface area contributed by atoms with E-state index >= 15 is 0 Å². The van der Waals surface area contributed by atoms with Crippen molar-refractivity contribution in [3.8, 4) is 0 Å². The number of hydrogen-bond acceptors (Lipinski definition) is 2. The minimum atomic E-state index is 0.0308. The number of anilines is 2. The Bertz CT molecular complexity index is 452. The molecule has 4 heteroatoms. The zero-order chi connectivity index (χ0) is 12.4. The predicted octanol–water partition coefficient (Wildman–Crippen LogP) is 2.67. The van der Waals surface area contributed by atoms with Crippen molar-refractivity contribution in [2.24, 2.45) is 0 Å². The first-order valence-corrected chi connectivity index (χ1v) is 6.76. The first-order chi connectivity index (χ1) is 8.83. The van der Waals surface area contributed by atoms with E-state index in [1.807, 2.05) is 17.0 Å². The van der Waals surface area contributed by atoms with Gasteiger partial charge in [0.05, 0.1) is 0 Å². The Morgan fingerprint density at radius 3 is 2.89 bits per heavy atom. The van der Waals surface area contributed by atoms with Crippen molar-refractivity contribution in [3.05, 3.63) is 23.8 Å². The van der Waals surface area contributed by atoms with Crippen molar-refractivity contribution < 1.29 is 4.79 Å². The minimum Gasteiger partial charge on any atom is -0.385 e. The molecule has 18 heavy (non-hydrogen) atoms. The van der Waals surface area contributed by atoms with Crippen LogP contribution in [0, 0.1) is 0 Å². The van der Waals surface area contributed by atoms with E-state index in [4.69, 9.17) is 0 Å². The molecule has 0 bridgehead atoms. The van der Waals surface area contributed by atoms with Gasteiger partial charge in [-0.1, -0.05) is 6.07 Å². The van der Waals surface area contributed by atoms with Crippen molar-refractivity contribution in [3.63, 3.8) is 0 Å². The maximum atomic E-state index is 12.0. The van der Waals surface area contributed by atoms with Crippen LogP contribution in [0.1, 0.15) is 24.8 Å². The van der Waals surface area contributed by atoms with Gasteiger partial charge >= 0.3 is 6.03 Å². The third kappa shape index (κ3) is 2.28. The van der Waals surface area contributed by atoms with Crippen LogP contribution in [0.15, 0.2) is 18.2 Å². The van der Waals surface area contributed by atoms with Crippen molar-refractivity contribution in [1.29, 1.82) is 0 Å². The number of nitrogens with zero attached hydrogens (tertiary/aromatic N) is 1. The molecule has 1 fully saturated rings. The van der Waals surface area contributed by atoms with Crippen LogP contribution in [0.3, 0.4) is 0 Å². The minimum absolute atomic E-state index is 0.0308. The van der Waals surface area contributed by atoms with E-state index < -0.39 is 0 Å². The van der Waals surface area contributed by atoms with E-state index in [9.17, 15) is 4.79 Å². The molecule has 0 atom stereocenters. The lowest BCUT2D eigenvalue weighted by molar-refractivity contribution is 0.222. The molecule has 0 aromatic heterocycles. The van der Waals surface area contributed by atoms with Crippen LogP contribution < -0.4 is 10.6 Å². The Balaban J connectivity index is 1.70. The van der Waals surface area contributed by atoms with Crippen LogP contribution >= 0.6 is 0 Å². The third-order valence-electron chi connectivity index (χ3n) is 3.69. The molecule has 0 spiro atoms. The van der Waals surface area contributed by atoms with Gasteiger partial charge in [0.1, 0.15) is 0 Å². The van der Waals surface area contributed by atoms with Gasteiger partial charge < -0.3 is 15.5 Å². The molecule has 1 saturated heterocycles. The highest BCUT2D eigenvalue weighted by Crippen LogP contribution is 2.25. The fraction of sp³-hybridized carbons (Fsp3) is 0.500. The third-order valence-corrected chi connectivity index (χ3v) is 3.69. The van der Waals surface area contributed by atoms with Crippen LogP contribution in [0.5, 0.6) is 0 Å². The molecule has 4 nitrogen and oxygen atoms in total. The van der Waals surface area contributed by atoms with Crippen molar-refractivity contribution in [1.82, 2.24) is 4.90 Å². The summed E-state index contributed by atoms with van der Waals surface area (Å²) < 4.78 is 0. The molecule has 2 aliphatic rings. The number of carbonyl (C=O) groups is 1. The number of aryl methyl sites for hydroxylation is 1. The summed E-state index contributed by atoms with van der Waals surface area (Å²) in [6, 6.07) is 6.19.